The second-order valence-electron chi connectivity index (χ2n) is 6.77. The molecule has 1 aliphatic heterocycles. The van der Waals surface area contributed by atoms with Gasteiger partial charge in [0.15, 0.2) is 5.78 Å². The van der Waals surface area contributed by atoms with Crippen LogP contribution in [0.4, 0.5) is 0 Å². The molecule has 2 aromatic rings. The van der Waals surface area contributed by atoms with Crippen molar-refractivity contribution < 1.29 is 4.79 Å². The summed E-state index contributed by atoms with van der Waals surface area (Å²) in [4.78, 5) is 15.4. The number of halogens is 2. The van der Waals surface area contributed by atoms with Crippen molar-refractivity contribution in [3.8, 4) is 0 Å². The Morgan fingerprint density at radius 2 is 1.19 bits per heavy atom. The first-order valence-electron chi connectivity index (χ1n) is 8.63. The van der Waals surface area contributed by atoms with Crippen molar-refractivity contribution in [2.45, 2.75) is 19.9 Å². The van der Waals surface area contributed by atoms with E-state index in [2.05, 4.69) is 50.6 Å². The van der Waals surface area contributed by atoms with Crippen LogP contribution >= 0.6 is 31.9 Å². The summed E-state index contributed by atoms with van der Waals surface area (Å²) in [6.45, 7) is 5.71. The third-order valence-electron chi connectivity index (χ3n) is 4.48. The Morgan fingerprint density at radius 1 is 0.808 bits per heavy atom. The molecule has 0 spiro atoms. The first kappa shape index (κ1) is 19.3. The van der Waals surface area contributed by atoms with E-state index in [9.17, 15) is 4.79 Å². The third-order valence-corrected chi connectivity index (χ3v) is 5.54. The lowest BCUT2D eigenvalue weighted by atomic mass is 9.93. The molecule has 26 heavy (non-hydrogen) atoms. The molecule has 1 aliphatic rings. The molecular weight excluding hydrogens is 454 g/mol. The lowest BCUT2D eigenvalue weighted by molar-refractivity contribution is -0.113. The molecule has 0 atom stereocenters. The predicted molar refractivity (Wildman–Crippen MR) is 116 cm³/mol. The Hall–Kier alpha value is -1.49. The average Bonchev–Trinajstić information content (AvgIpc) is 2.62. The highest BCUT2D eigenvalue weighted by Gasteiger charge is 2.27. The molecule has 1 saturated heterocycles. The van der Waals surface area contributed by atoms with Gasteiger partial charge in [-0.15, -0.1) is 0 Å². The van der Waals surface area contributed by atoms with Gasteiger partial charge in [0.1, 0.15) is 0 Å². The largest absolute Gasteiger partial charge is 0.292 e. The van der Waals surface area contributed by atoms with E-state index in [0.717, 1.165) is 31.2 Å². The molecule has 0 amide bonds. The summed E-state index contributed by atoms with van der Waals surface area (Å²) in [6, 6.07) is 16.5. The monoisotopic (exact) mass is 473 g/mol. The van der Waals surface area contributed by atoms with Gasteiger partial charge in [0, 0.05) is 39.2 Å². The predicted octanol–water partition coefficient (Wildman–Crippen LogP) is 5.97. The fourth-order valence-corrected chi connectivity index (χ4v) is 3.48. The standard InChI is InChI=1S/C22H21Br2NO/c1-15(2)25-13-18(11-16-3-7-20(23)8-4-16)22(26)19(14-25)12-17-5-9-21(24)10-6-17/h3-12,15H,13-14H2,1-2H3/b18-11+,19-12+. The maximum absolute atomic E-state index is 13.1. The van der Waals surface area contributed by atoms with Crippen molar-refractivity contribution >= 4 is 49.8 Å². The third kappa shape index (κ3) is 4.81. The van der Waals surface area contributed by atoms with Crippen molar-refractivity contribution in [1.29, 1.82) is 0 Å². The van der Waals surface area contributed by atoms with Crippen LogP contribution in [0.25, 0.3) is 12.2 Å². The van der Waals surface area contributed by atoms with Crippen molar-refractivity contribution in [3.63, 3.8) is 0 Å². The van der Waals surface area contributed by atoms with Gasteiger partial charge in [-0.2, -0.15) is 0 Å². The average molecular weight is 475 g/mol. The highest BCUT2D eigenvalue weighted by atomic mass is 79.9. The molecule has 2 aromatic carbocycles. The number of ketones is 1. The molecule has 0 saturated carbocycles. The van der Waals surface area contributed by atoms with Gasteiger partial charge in [-0.1, -0.05) is 56.1 Å². The van der Waals surface area contributed by atoms with E-state index >= 15 is 0 Å². The Morgan fingerprint density at radius 3 is 1.54 bits per heavy atom. The quantitative estimate of drug-likeness (QED) is 0.510. The van der Waals surface area contributed by atoms with Crippen LogP contribution in [0.5, 0.6) is 0 Å². The second kappa shape index (κ2) is 8.47. The summed E-state index contributed by atoms with van der Waals surface area (Å²) in [5.41, 5.74) is 3.78. The highest BCUT2D eigenvalue weighted by molar-refractivity contribution is 9.10. The van der Waals surface area contributed by atoms with E-state index < -0.39 is 0 Å². The second-order valence-corrected chi connectivity index (χ2v) is 8.60. The fraction of sp³-hybridized carbons (Fsp3) is 0.227. The minimum absolute atomic E-state index is 0.146. The van der Waals surface area contributed by atoms with Crippen LogP contribution in [0, 0.1) is 0 Å². The number of likely N-dealkylation sites (tertiary alicyclic amines) is 1. The van der Waals surface area contributed by atoms with E-state index in [0.29, 0.717) is 19.1 Å². The highest BCUT2D eigenvalue weighted by Crippen LogP contribution is 2.24. The van der Waals surface area contributed by atoms with Crippen LogP contribution in [0.15, 0.2) is 68.6 Å². The van der Waals surface area contributed by atoms with E-state index in [1.165, 1.54) is 0 Å². The zero-order chi connectivity index (χ0) is 18.7. The van der Waals surface area contributed by atoms with E-state index in [4.69, 9.17) is 0 Å². The van der Waals surface area contributed by atoms with Crippen LogP contribution in [-0.4, -0.2) is 29.8 Å². The van der Waals surface area contributed by atoms with Crippen LogP contribution in [-0.2, 0) is 4.79 Å². The van der Waals surface area contributed by atoms with Crippen LogP contribution in [0.2, 0.25) is 0 Å². The first-order chi connectivity index (χ1) is 12.4. The molecule has 0 N–H and O–H groups in total. The molecule has 4 heteroatoms. The zero-order valence-electron chi connectivity index (χ0n) is 14.9. The van der Waals surface area contributed by atoms with Crippen LogP contribution in [0.3, 0.4) is 0 Å². The van der Waals surface area contributed by atoms with E-state index in [1.807, 2.05) is 60.7 Å². The summed E-state index contributed by atoms with van der Waals surface area (Å²) in [5, 5.41) is 0. The molecular formula is C22H21Br2NO. The van der Waals surface area contributed by atoms with Crippen molar-refractivity contribution in [2.75, 3.05) is 13.1 Å². The van der Waals surface area contributed by atoms with Gasteiger partial charge in [0.05, 0.1) is 0 Å². The van der Waals surface area contributed by atoms with E-state index in [-0.39, 0.29) is 5.78 Å². The number of carbonyl (C=O) groups excluding carboxylic acids is 1. The first-order valence-corrected chi connectivity index (χ1v) is 10.2. The summed E-state index contributed by atoms with van der Waals surface area (Å²) >= 11 is 6.91. The molecule has 0 aromatic heterocycles. The maximum atomic E-state index is 13.1. The number of rotatable bonds is 3. The Balaban J connectivity index is 1.95. The minimum atomic E-state index is 0.146. The number of hydrogen-bond acceptors (Lipinski definition) is 2. The summed E-state index contributed by atoms with van der Waals surface area (Å²) in [7, 11) is 0. The molecule has 0 aliphatic carbocycles. The summed E-state index contributed by atoms with van der Waals surface area (Å²) in [6.07, 6.45) is 4.03. The number of carbonyl (C=O) groups is 1. The maximum Gasteiger partial charge on any atom is 0.187 e. The number of hydrogen-bond donors (Lipinski definition) is 0. The van der Waals surface area contributed by atoms with Gasteiger partial charge < -0.3 is 0 Å². The normalized spacial score (nSPS) is 18.9. The molecule has 0 radical (unpaired) electrons. The SMILES string of the molecule is CC(C)N1C/C(=C\c2ccc(Br)cc2)C(=O)/C(=C/c2ccc(Br)cc2)C1. The van der Waals surface area contributed by atoms with Crippen LogP contribution in [0.1, 0.15) is 25.0 Å². The topological polar surface area (TPSA) is 20.3 Å². The molecule has 0 bridgehead atoms. The smallest absolute Gasteiger partial charge is 0.187 e. The summed E-state index contributed by atoms with van der Waals surface area (Å²) < 4.78 is 2.07. The number of piperidine rings is 1. The number of Topliss-reactive ketones (excluding diaryl/α,β-unsaturated/α-hetero) is 1. The molecule has 134 valence electrons. The minimum Gasteiger partial charge on any atom is -0.292 e. The lowest BCUT2D eigenvalue weighted by Crippen LogP contribution is -2.41. The molecule has 3 rings (SSSR count). The van der Waals surface area contributed by atoms with Gasteiger partial charge in [-0.25, -0.2) is 0 Å². The summed E-state index contributed by atoms with van der Waals surface area (Å²) in [5.74, 6) is 0.146. The van der Waals surface area contributed by atoms with Crippen LogP contribution < -0.4 is 0 Å². The number of benzene rings is 2. The molecule has 0 unspecified atom stereocenters. The molecule has 1 heterocycles. The zero-order valence-corrected chi connectivity index (χ0v) is 18.0. The van der Waals surface area contributed by atoms with Gasteiger partial charge >= 0.3 is 0 Å². The van der Waals surface area contributed by atoms with Gasteiger partial charge in [0.25, 0.3) is 0 Å². The van der Waals surface area contributed by atoms with Gasteiger partial charge in [-0.05, 0) is 61.4 Å². The molecule has 1 fully saturated rings. The molecule has 2 nitrogen and oxygen atoms in total. The lowest BCUT2D eigenvalue weighted by Gasteiger charge is -2.32. The Bertz CT molecular complexity index is 781. The fourth-order valence-electron chi connectivity index (χ4n) is 2.95. The Labute approximate surface area is 171 Å². The van der Waals surface area contributed by atoms with Crippen molar-refractivity contribution in [1.82, 2.24) is 4.90 Å². The Kier molecular flexibility index (Phi) is 6.28. The van der Waals surface area contributed by atoms with Crippen molar-refractivity contribution in [2.24, 2.45) is 0 Å². The van der Waals surface area contributed by atoms with Gasteiger partial charge in [-0.3, -0.25) is 9.69 Å². The van der Waals surface area contributed by atoms with E-state index in [1.54, 1.807) is 0 Å². The van der Waals surface area contributed by atoms with Crippen molar-refractivity contribution in [3.05, 3.63) is 79.7 Å². The van der Waals surface area contributed by atoms with Gasteiger partial charge in [0.2, 0.25) is 0 Å². The number of nitrogens with zero attached hydrogens (tertiary/aromatic N) is 1.